The lowest BCUT2D eigenvalue weighted by molar-refractivity contribution is -0.384. The Bertz CT molecular complexity index is 552. The highest BCUT2D eigenvalue weighted by molar-refractivity contribution is 6.12. The Hall–Kier alpha value is -2.24. The molecular formula is C16H21NO5. The third-order valence-corrected chi connectivity index (χ3v) is 3.72. The van der Waals surface area contributed by atoms with Crippen molar-refractivity contribution in [2.24, 2.45) is 5.41 Å². The van der Waals surface area contributed by atoms with Crippen LogP contribution in [0.25, 0.3) is 0 Å². The number of nitro groups is 1. The van der Waals surface area contributed by atoms with Crippen LogP contribution >= 0.6 is 0 Å². The van der Waals surface area contributed by atoms with E-state index < -0.39 is 16.3 Å². The van der Waals surface area contributed by atoms with Gasteiger partial charge in [-0.3, -0.25) is 19.7 Å². The van der Waals surface area contributed by atoms with E-state index in [1.165, 1.54) is 24.3 Å². The molecule has 6 nitrogen and oxygen atoms in total. The maximum Gasteiger partial charge on any atom is 0.319 e. The number of non-ortho nitro benzene ring substituents is 1. The van der Waals surface area contributed by atoms with Crippen LogP contribution in [-0.2, 0) is 9.53 Å². The molecular weight excluding hydrogens is 286 g/mol. The number of esters is 1. The summed E-state index contributed by atoms with van der Waals surface area (Å²) in [5.74, 6) is -0.868. The van der Waals surface area contributed by atoms with Crippen LogP contribution in [0.4, 0.5) is 5.69 Å². The normalized spacial score (nSPS) is 13.2. The number of nitro benzene ring substituents is 1. The first kappa shape index (κ1) is 17.8. The topological polar surface area (TPSA) is 86.5 Å². The zero-order valence-corrected chi connectivity index (χ0v) is 13.1. The van der Waals surface area contributed by atoms with Crippen LogP contribution in [0.15, 0.2) is 24.3 Å². The van der Waals surface area contributed by atoms with Gasteiger partial charge in [-0.2, -0.15) is 0 Å². The molecule has 0 radical (unpaired) electrons. The van der Waals surface area contributed by atoms with Gasteiger partial charge in [0.05, 0.1) is 11.5 Å². The van der Waals surface area contributed by atoms with Crippen LogP contribution in [0.3, 0.4) is 0 Å². The summed E-state index contributed by atoms with van der Waals surface area (Å²) in [6.07, 6.45) is 1.37. The molecule has 120 valence electrons. The summed E-state index contributed by atoms with van der Waals surface area (Å²) in [4.78, 5) is 35.3. The van der Waals surface area contributed by atoms with E-state index in [9.17, 15) is 19.7 Å². The summed E-state index contributed by atoms with van der Waals surface area (Å²) in [7, 11) is 0. The number of benzene rings is 1. The van der Waals surface area contributed by atoms with E-state index in [1.54, 1.807) is 13.8 Å². The minimum absolute atomic E-state index is 0.0923. The van der Waals surface area contributed by atoms with E-state index in [4.69, 9.17) is 4.74 Å². The van der Waals surface area contributed by atoms with Crippen molar-refractivity contribution in [1.82, 2.24) is 0 Å². The summed E-state index contributed by atoms with van der Waals surface area (Å²) in [6, 6.07) is 5.31. The predicted octanol–water partition coefficient (Wildman–Crippen LogP) is 3.54. The van der Waals surface area contributed by atoms with Gasteiger partial charge >= 0.3 is 5.97 Å². The fourth-order valence-electron chi connectivity index (χ4n) is 2.50. The Morgan fingerprint density at radius 1 is 1.18 bits per heavy atom. The van der Waals surface area contributed by atoms with Gasteiger partial charge in [0.15, 0.2) is 5.78 Å². The first-order valence-corrected chi connectivity index (χ1v) is 7.39. The van der Waals surface area contributed by atoms with Crippen molar-refractivity contribution in [3.05, 3.63) is 39.9 Å². The molecule has 0 fully saturated rings. The molecule has 1 rings (SSSR count). The van der Waals surface area contributed by atoms with Crippen LogP contribution in [0.1, 0.15) is 50.4 Å². The minimum atomic E-state index is -1.22. The van der Waals surface area contributed by atoms with Crippen LogP contribution < -0.4 is 0 Å². The molecule has 0 aromatic heterocycles. The first-order valence-electron chi connectivity index (χ1n) is 7.39. The molecule has 1 aromatic carbocycles. The molecule has 22 heavy (non-hydrogen) atoms. The average molecular weight is 307 g/mol. The highest BCUT2D eigenvalue weighted by atomic mass is 16.6. The van der Waals surface area contributed by atoms with Crippen LogP contribution in [-0.4, -0.2) is 23.3 Å². The summed E-state index contributed by atoms with van der Waals surface area (Å²) < 4.78 is 5.09. The molecule has 0 amide bonds. The second kappa shape index (κ2) is 7.68. The number of carbonyl (C=O) groups is 2. The maximum atomic E-state index is 12.8. The fraction of sp³-hybridized carbons (Fsp3) is 0.500. The van der Waals surface area contributed by atoms with Gasteiger partial charge in [0.25, 0.3) is 5.69 Å². The van der Waals surface area contributed by atoms with Gasteiger partial charge in [0, 0.05) is 17.7 Å². The molecule has 0 bridgehead atoms. The molecule has 0 aliphatic carbocycles. The lowest BCUT2D eigenvalue weighted by atomic mass is 9.74. The summed E-state index contributed by atoms with van der Waals surface area (Å²) in [6.45, 7) is 5.57. The van der Waals surface area contributed by atoms with Gasteiger partial charge in [0.1, 0.15) is 5.41 Å². The van der Waals surface area contributed by atoms with E-state index in [-0.39, 0.29) is 23.6 Å². The zero-order chi connectivity index (χ0) is 16.8. The van der Waals surface area contributed by atoms with E-state index >= 15 is 0 Å². The van der Waals surface area contributed by atoms with Crippen molar-refractivity contribution in [2.75, 3.05) is 6.61 Å². The standard InChI is InChI=1S/C16H21NO5/c1-4-11-16(5-2,15(19)22-6-3)14(18)12-7-9-13(10-8-12)17(20)21/h7-10H,4-6,11H2,1-3H3. The molecule has 0 aliphatic rings. The van der Waals surface area contributed by atoms with E-state index in [0.717, 1.165) is 0 Å². The van der Waals surface area contributed by atoms with Crippen LogP contribution in [0.5, 0.6) is 0 Å². The van der Waals surface area contributed by atoms with Gasteiger partial charge in [-0.05, 0) is 31.9 Å². The minimum Gasteiger partial charge on any atom is -0.465 e. The lowest BCUT2D eigenvalue weighted by Gasteiger charge is -2.28. The molecule has 0 spiro atoms. The first-order chi connectivity index (χ1) is 10.4. The number of hydrogen-bond donors (Lipinski definition) is 0. The molecule has 0 N–H and O–H groups in total. The summed E-state index contributed by atoms with van der Waals surface area (Å²) >= 11 is 0. The fourth-order valence-corrected chi connectivity index (χ4v) is 2.50. The smallest absolute Gasteiger partial charge is 0.319 e. The Morgan fingerprint density at radius 2 is 1.77 bits per heavy atom. The molecule has 1 atom stereocenters. The van der Waals surface area contributed by atoms with Crippen molar-refractivity contribution in [2.45, 2.75) is 40.0 Å². The Kier molecular flexibility index (Phi) is 6.22. The largest absolute Gasteiger partial charge is 0.465 e. The van der Waals surface area contributed by atoms with Crippen molar-refractivity contribution in [3.63, 3.8) is 0 Å². The van der Waals surface area contributed by atoms with Crippen molar-refractivity contribution < 1.29 is 19.2 Å². The number of rotatable bonds is 8. The molecule has 0 saturated carbocycles. The third kappa shape index (κ3) is 3.50. The molecule has 1 unspecified atom stereocenters. The number of nitrogens with zero attached hydrogens (tertiary/aromatic N) is 1. The molecule has 0 heterocycles. The van der Waals surface area contributed by atoms with Crippen LogP contribution in [0, 0.1) is 15.5 Å². The Balaban J connectivity index is 3.20. The van der Waals surface area contributed by atoms with Gasteiger partial charge < -0.3 is 4.74 Å². The molecule has 6 heteroatoms. The molecule has 0 saturated heterocycles. The monoisotopic (exact) mass is 307 g/mol. The number of ketones is 1. The summed E-state index contributed by atoms with van der Waals surface area (Å²) in [5, 5.41) is 10.7. The van der Waals surface area contributed by atoms with Gasteiger partial charge in [0.2, 0.25) is 0 Å². The Morgan fingerprint density at radius 3 is 2.18 bits per heavy atom. The summed E-state index contributed by atoms with van der Waals surface area (Å²) in [5.41, 5.74) is -1.03. The second-order valence-electron chi connectivity index (χ2n) is 5.04. The lowest BCUT2D eigenvalue weighted by Crippen LogP contribution is -2.40. The third-order valence-electron chi connectivity index (χ3n) is 3.72. The van der Waals surface area contributed by atoms with E-state index in [1.807, 2.05) is 6.92 Å². The van der Waals surface area contributed by atoms with Crippen LogP contribution in [0.2, 0.25) is 0 Å². The van der Waals surface area contributed by atoms with E-state index in [2.05, 4.69) is 0 Å². The number of hydrogen-bond acceptors (Lipinski definition) is 5. The van der Waals surface area contributed by atoms with Gasteiger partial charge in [-0.1, -0.05) is 20.3 Å². The van der Waals surface area contributed by atoms with Crippen molar-refractivity contribution >= 4 is 17.4 Å². The van der Waals surface area contributed by atoms with Crippen molar-refractivity contribution in [1.29, 1.82) is 0 Å². The SMILES string of the molecule is CCCC(CC)(C(=O)OCC)C(=O)c1ccc([N+](=O)[O-])cc1. The zero-order valence-electron chi connectivity index (χ0n) is 13.1. The van der Waals surface area contributed by atoms with Crippen molar-refractivity contribution in [3.8, 4) is 0 Å². The average Bonchev–Trinajstić information content (AvgIpc) is 2.52. The quantitative estimate of drug-likeness (QED) is 0.241. The Labute approximate surface area is 129 Å². The van der Waals surface area contributed by atoms with E-state index in [0.29, 0.717) is 19.3 Å². The highest BCUT2D eigenvalue weighted by Crippen LogP contribution is 2.34. The second-order valence-corrected chi connectivity index (χ2v) is 5.04. The highest BCUT2D eigenvalue weighted by Gasteiger charge is 2.45. The number of Topliss-reactive ketones (excluding diaryl/α,β-unsaturated/α-hetero) is 1. The number of ether oxygens (including phenoxy) is 1. The predicted molar refractivity (Wildman–Crippen MR) is 81.7 cm³/mol. The molecule has 0 aliphatic heterocycles. The molecule has 1 aromatic rings. The van der Waals surface area contributed by atoms with Gasteiger partial charge in [-0.25, -0.2) is 0 Å². The van der Waals surface area contributed by atoms with Gasteiger partial charge in [-0.15, -0.1) is 0 Å². The number of carbonyl (C=O) groups excluding carboxylic acids is 2. The maximum absolute atomic E-state index is 12.8.